The van der Waals surface area contributed by atoms with Gasteiger partial charge in [-0.2, -0.15) is 0 Å². The molecule has 0 amide bonds. The van der Waals surface area contributed by atoms with Gasteiger partial charge in [-0.15, -0.1) is 0 Å². The van der Waals surface area contributed by atoms with Crippen LogP contribution in [0.15, 0.2) is 77.3 Å². The second-order valence-corrected chi connectivity index (χ2v) is 6.52. The molecule has 1 unspecified atom stereocenters. The molecule has 1 atom stereocenters. The van der Waals surface area contributed by atoms with E-state index < -0.39 is 17.9 Å². The molecule has 0 aliphatic rings. The largest absolute Gasteiger partial charge is 0.465 e. The van der Waals surface area contributed by atoms with Gasteiger partial charge in [0, 0.05) is 16.9 Å². The Hall–Kier alpha value is -3.13. The summed E-state index contributed by atoms with van der Waals surface area (Å²) in [7, 11) is 1.29. The summed E-state index contributed by atoms with van der Waals surface area (Å²) < 4.78 is 10.8. The second kappa shape index (κ2) is 11.7. The summed E-state index contributed by atoms with van der Waals surface area (Å²) in [5.41, 5.74) is 1.47. The average Bonchev–Trinajstić information content (AvgIpc) is 2.74. The van der Waals surface area contributed by atoms with Crippen molar-refractivity contribution in [2.24, 2.45) is 0 Å². The van der Waals surface area contributed by atoms with Crippen molar-refractivity contribution in [1.82, 2.24) is 10.3 Å². The number of methoxy groups -OCH3 is 1. The number of hydrogen-bond acceptors (Lipinski definition) is 7. The summed E-state index contributed by atoms with van der Waals surface area (Å²) in [5, 5.41) is 5.88. The Balaban J connectivity index is 2.18. The molecule has 0 spiro atoms. The van der Waals surface area contributed by atoms with Crippen LogP contribution in [-0.4, -0.2) is 30.6 Å². The van der Waals surface area contributed by atoms with Gasteiger partial charge in [0.25, 0.3) is 0 Å². The number of rotatable bonds is 9. The summed E-state index contributed by atoms with van der Waals surface area (Å²) in [4.78, 5) is 28.6. The molecule has 2 aromatic rings. The van der Waals surface area contributed by atoms with Gasteiger partial charge in [-0.05, 0) is 59.4 Å². The molecule has 0 saturated heterocycles. The Labute approximate surface area is 177 Å². The van der Waals surface area contributed by atoms with E-state index in [0.29, 0.717) is 5.69 Å². The number of nitrogens with one attached hydrogen (secondary N) is 2. The van der Waals surface area contributed by atoms with Crippen molar-refractivity contribution < 1.29 is 19.1 Å². The first-order valence-electron chi connectivity index (χ1n) is 8.87. The number of aromatic nitrogens is 1. The number of pyridine rings is 1. The maximum Gasteiger partial charge on any atom is 0.355 e. The van der Waals surface area contributed by atoms with Crippen LogP contribution in [0.5, 0.6) is 0 Å². The third kappa shape index (κ3) is 6.76. The first-order valence-corrected chi connectivity index (χ1v) is 9.66. The zero-order valence-corrected chi connectivity index (χ0v) is 17.7. The number of nitrogens with zero attached hydrogens (tertiary/aromatic N) is 1. The standard InChI is InChI=1S/C21H22BrN3O4/c1-3-29-20(26)15(17-9-6-7-12-23-17)11-13-24-19(21(27)28-2)14-25-18-10-5-4-8-16(18)22/h4-15,24-25H,3H2,1-2H3/b13-11+,19-14-. The van der Waals surface area contributed by atoms with Crippen molar-refractivity contribution in [2.45, 2.75) is 12.8 Å². The number of para-hydroxylation sites is 1. The molecule has 0 radical (unpaired) electrons. The fraction of sp³-hybridized carbons (Fsp3) is 0.190. The summed E-state index contributed by atoms with van der Waals surface area (Å²) in [5.74, 6) is -1.71. The molecule has 1 heterocycles. The van der Waals surface area contributed by atoms with Gasteiger partial charge in [-0.1, -0.05) is 18.2 Å². The number of carbonyl (C=O) groups excluding carboxylic acids is 2. The molecular formula is C21H22BrN3O4. The smallest absolute Gasteiger partial charge is 0.355 e. The van der Waals surface area contributed by atoms with E-state index in [4.69, 9.17) is 9.47 Å². The number of benzene rings is 1. The predicted octanol–water partition coefficient (Wildman–Crippen LogP) is 3.72. The van der Waals surface area contributed by atoms with E-state index in [0.717, 1.165) is 10.2 Å². The molecule has 29 heavy (non-hydrogen) atoms. The minimum absolute atomic E-state index is 0.156. The summed E-state index contributed by atoms with van der Waals surface area (Å²) in [6, 6.07) is 12.8. The molecule has 0 bridgehead atoms. The van der Waals surface area contributed by atoms with E-state index in [-0.39, 0.29) is 12.3 Å². The maximum atomic E-state index is 12.3. The van der Waals surface area contributed by atoms with E-state index >= 15 is 0 Å². The van der Waals surface area contributed by atoms with Crippen molar-refractivity contribution in [2.75, 3.05) is 19.0 Å². The molecule has 0 fully saturated rings. The van der Waals surface area contributed by atoms with E-state index in [2.05, 4.69) is 31.5 Å². The van der Waals surface area contributed by atoms with Crippen LogP contribution in [0.2, 0.25) is 0 Å². The van der Waals surface area contributed by atoms with Gasteiger partial charge in [0.05, 0.1) is 25.1 Å². The number of anilines is 1. The van der Waals surface area contributed by atoms with Crippen molar-refractivity contribution >= 4 is 33.6 Å². The summed E-state index contributed by atoms with van der Waals surface area (Å²) >= 11 is 3.43. The van der Waals surface area contributed by atoms with Crippen LogP contribution in [0.4, 0.5) is 5.69 Å². The number of carbonyl (C=O) groups is 2. The molecule has 0 aliphatic heterocycles. The van der Waals surface area contributed by atoms with Gasteiger partial charge in [0.1, 0.15) is 11.6 Å². The van der Waals surface area contributed by atoms with Gasteiger partial charge in [0.15, 0.2) is 0 Å². The monoisotopic (exact) mass is 459 g/mol. The topological polar surface area (TPSA) is 89.6 Å². The van der Waals surface area contributed by atoms with Crippen LogP contribution < -0.4 is 10.6 Å². The second-order valence-electron chi connectivity index (χ2n) is 5.66. The zero-order chi connectivity index (χ0) is 21.1. The third-order valence-corrected chi connectivity index (χ3v) is 4.42. The molecule has 0 saturated carbocycles. The normalized spacial score (nSPS) is 12.3. The Bertz CT molecular complexity index is 885. The van der Waals surface area contributed by atoms with Crippen LogP contribution in [0.1, 0.15) is 18.5 Å². The van der Waals surface area contributed by atoms with Gasteiger partial charge in [-0.3, -0.25) is 9.78 Å². The Morgan fingerprint density at radius 2 is 1.97 bits per heavy atom. The Morgan fingerprint density at radius 3 is 2.62 bits per heavy atom. The highest BCUT2D eigenvalue weighted by Crippen LogP contribution is 2.21. The van der Waals surface area contributed by atoms with Crippen LogP contribution in [0, 0.1) is 0 Å². The highest BCUT2D eigenvalue weighted by Gasteiger charge is 2.20. The summed E-state index contributed by atoms with van der Waals surface area (Å²) in [6.07, 6.45) is 6.15. The van der Waals surface area contributed by atoms with Crippen LogP contribution >= 0.6 is 15.9 Å². The summed E-state index contributed by atoms with van der Waals surface area (Å²) in [6.45, 7) is 1.99. The fourth-order valence-corrected chi connectivity index (χ4v) is 2.72. The quantitative estimate of drug-likeness (QED) is 0.436. The van der Waals surface area contributed by atoms with E-state index in [1.807, 2.05) is 24.3 Å². The molecule has 1 aromatic heterocycles. The minimum atomic E-state index is -0.709. The molecule has 1 aromatic carbocycles. The first-order chi connectivity index (χ1) is 14.1. The van der Waals surface area contributed by atoms with Crippen LogP contribution in [-0.2, 0) is 19.1 Å². The fourth-order valence-electron chi connectivity index (χ4n) is 2.32. The predicted molar refractivity (Wildman–Crippen MR) is 114 cm³/mol. The van der Waals surface area contributed by atoms with Crippen LogP contribution in [0.3, 0.4) is 0 Å². The highest BCUT2D eigenvalue weighted by molar-refractivity contribution is 9.10. The molecule has 7 nitrogen and oxygen atoms in total. The third-order valence-electron chi connectivity index (χ3n) is 3.73. The van der Waals surface area contributed by atoms with Crippen molar-refractivity contribution in [1.29, 1.82) is 0 Å². The van der Waals surface area contributed by atoms with E-state index in [1.54, 1.807) is 37.4 Å². The molecule has 2 N–H and O–H groups in total. The zero-order valence-electron chi connectivity index (χ0n) is 16.1. The number of esters is 2. The number of ether oxygens (including phenoxy) is 2. The first kappa shape index (κ1) is 22.2. The Kier molecular flexibility index (Phi) is 8.91. The molecule has 8 heteroatoms. The van der Waals surface area contributed by atoms with Crippen molar-refractivity contribution in [3.05, 3.63) is 83.0 Å². The van der Waals surface area contributed by atoms with Crippen molar-refractivity contribution in [3.63, 3.8) is 0 Å². The SMILES string of the molecule is CCOC(=O)C(/C=C/N/C(=C\Nc1ccccc1Br)C(=O)OC)c1ccccn1. The Morgan fingerprint density at radius 1 is 1.21 bits per heavy atom. The van der Waals surface area contributed by atoms with Gasteiger partial charge >= 0.3 is 11.9 Å². The lowest BCUT2D eigenvalue weighted by Gasteiger charge is -2.12. The van der Waals surface area contributed by atoms with E-state index in [1.165, 1.54) is 19.5 Å². The molecule has 2 rings (SSSR count). The van der Waals surface area contributed by atoms with Gasteiger partial charge in [-0.25, -0.2) is 4.79 Å². The molecule has 152 valence electrons. The minimum Gasteiger partial charge on any atom is -0.465 e. The molecule has 0 aliphatic carbocycles. The van der Waals surface area contributed by atoms with Crippen molar-refractivity contribution in [3.8, 4) is 0 Å². The van der Waals surface area contributed by atoms with Crippen LogP contribution in [0.25, 0.3) is 0 Å². The van der Waals surface area contributed by atoms with Gasteiger partial charge < -0.3 is 20.1 Å². The number of hydrogen-bond donors (Lipinski definition) is 2. The lowest BCUT2D eigenvalue weighted by molar-refractivity contribution is -0.143. The maximum absolute atomic E-state index is 12.3. The lowest BCUT2D eigenvalue weighted by atomic mass is 10.1. The number of halogens is 1. The molecular weight excluding hydrogens is 438 g/mol. The average molecular weight is 460 g/mol. The van der Waals surface area contributed by atoms with Gasteiger partial charge in [0.2, 0.25) is 0 Å². The lowest BCUT2D eigenvalue weighted by Crippen LogP contribution is -2.20. The van der Waals surface area contributed by atoms with E-state index in [9.17, 15) is 9.59 Å². The highest BCUT2D eigenvalue weighted by atomic mass is 79.9.